The molecule has 156 valence electrons. The zero-order valence-corrected chi connectivity index (χ0v) is 18.2. The Hall–Kier alpha value is -3.22. The molecule has 0 aliphatic rings. The molecule has 0 saturated carbocycles. The summed E-state index contributed by atoms with van der Waals surface area (Å²) in [7, 11) is 0. The topological polar surface area (TPSA) is 71.3 Å². The summed E-state index contributed by atoms with van der Waals surface area (Å²) in [6, 6.07) is 22.1. The van der Waals surface area contributed by atoms with Crippen LogP contribution in [0.25, 0.3) is 11.0 Å². The van der Waals surface area contributed by atoms with Gasteiger partial charge < -0.3 is 15.1 Å². The SMILES string of the molecule is CC(=O)Nc1cccc(NC(=O)c2oc3ccccc3c2CSc2ccc(Cl)cc2)c1. The second-order valence-electron chi connectivity index (χ2n) is 6.86. The van der Waals surface area contributed by atoms with Crippen molar-refractivity contribution in [3.63, 3.8) is 0 Å². The lowest BCUT2D eigenvalue weighted by molar-refractivity contribution is -0.114. The molecule has 0 spiro atoms. The summed E-state index contributed by atoms with van der Waals surface area (Å²) in [4.78, 5) is 25.4. The van der Waals surface area contributed by atoms with E-state index < -0.39 is 0 Å². The molecule has 0 aliphatic heterocycles. The molecule has 4 rings (SSSR count). The number of furan rings is 1. The fraction of sp³-hybridized carbons (Fsp3) is 0.0833. The van der Waals surface area contributed by atoms with Gasteiger partial charge in [-0.2, -0.15) is 0 Å². The highest BCUT2D eigenvalue weighted by Crippen LogP contribution is 2.33. The molecule has 0 atom stereocenters. The molecule has 0 bridgehead atoms. The van der Waals surface area contributed by atoms with Crippen LogP contribution in [0.5, 0.6) is 0 Å². The van der Waals surface area contributed by atoms with Crippen LogP contribution in [0.3, 0.4) is 0 Å². The van der Waals surface area contributed by atoms with E-state index in [4.69, 9.17) is 16.0 Å². The Bertz CT molecular complexity index is 1250. The number of carbonyl (C=O) groups is 2. The first-order chi connectivity index (χ1) is 15.0. The van der Waals surface area contributed by atoms with E-state index >= 15 is 0 Å². The summed E-state index contributed by atoms with van der Waals surface area (Å²) in [6.07, 6.45) is 0. The molecule has 2 N–H and O–H groups in total. The number of nitrogens with one attached hydrogen (secondary N) is 2. The van der Waals surface area contributed by atoms with Gasteiger partial charge in [-0.15, -0.1) is 11.8 Å². The quantitative estimate of drug-likeness (QED) is 0.325. The molecular formula is C24H19ClN2O3S. The number of rotatable bonds is 6. The van der Waals surface area contributed by atoms with Gasteiger partial charge in [0.15, 0.2) is 5.76 Å². The van der Waals surface area contributed by atoms with E-state index in [1.165, 1.54) is 6.92 Å². The largest absolute Gasteiger partial charge is 0.451 e. The van der Waals surface area contributed by atoms with E-state index in [1.807, 2.05) is 48.5 Å². The standard InChI is InChI=1S/C24H19ClN2O3S/c1-15(28)26-17-5-4-6-18(13-17)27-24(29)23-21(20-7-2-3-8-22(20)30-23)14-31-19-11-9-16(25)10-12-19/h2-13H,14H2,1H3,(H,26,28)(H,27,29). The minimum absolute atomic E-state index is 0.178. The van der Waals surface area contributed by atoms with E-state index in [1.54, 1.807) is 36.0 Å². The second-order valence-corrected chi connectivity index (χ2v) is 8.35. The number of halogens is 1. The Labute approximate surface area is 188 Å². The average molecular weight is 451 g/mol. The van der Waals surface area contributed by atoms with Crippen molar-refractivity contribution in [1.29, 1.82) is 0 Å². The van der Waals surface area contributed by atoms with E-state index in [0.29, 0.717) is 27.7 Å². The van der Waals surface area contributed by atoms with Gasteiger partial charge in [0.05, 0.1) is 0 Å². The zero-order chi connectivity index (χ0) is 21.8. The summed E-state index contributed by atoms with van der Waals surface area (Å²) in [5.41, 5.74) is 2.65. The number of thioether (sulfide) groups is 1. The Morgan fingerprint density at radius 1 is 0.935 bits per heavy atom. The van der Waals surface area contributed by atoms with Gasteiger partial charge >= 0.3 is 0 Å². The number of amides is 2. The van der Waals surface area contributed by atoms with Crippen LogP contribution in [0.15, 0.2) is 82.1 Å². The third kappa shape index (κ3) is 5.10. The third-order valence-electron chi connectivity index (χ3n) is 4.54. The summed E-state index contributed by atoms with van der Waals surface area (Å²) in [5, 5.41) is 7.16. The highest BCUT2D eigenvalue weighted by Gasteiger charge is 2.21. The van der Waals surface area contributed by atoms with Gasteiger partial charge in [0.2, 0.25) is 5.91 Å². The normalized spacial score (nSPS) is 10.8. The van der Waals surface area contributed by atoms with Gasteiger partial charge in [-0.25, -0.2) is 0 Å². The molecule has 5 nitrogen and oxygen atoms in total. The van der Waals surface area contributed by atoms with Crippen LogP contribution in [-0.4, -0.2) is 11.8 Å². The van der Waals surface area contributed by atoms with Crippen LogP contribution in [0.4, 0.5) is 11.4 Å². The van der Waals surface area contributed by atoms with Crippen molar-refractivity contribution in [2.24, 2.45) is 0 Å². The third-order valence-corrected chi connectivity index (χ3v) is 5.83. The summed E-state index contributed by atoms with van der Waals surface area (Å²) in [5.74, 6) is 0.311. The Kier molecular flexibility index (Phi) is 6.30. The van der Waals surface area contributed by atoms with Gasteiger partial charge in [-0.3, -0.25) is 9.59 Å². The fourth-order valence-electron chi connectivity index (χ4n) is 3.18. The number of hydrogen-bond donors (Lipinski definition) is 2. The van der Waals surface area contributed by atoms with Gasteiger partial charge in [0.1, 0.15) is 5.58 Å². The fourth-order valence-corrected chi connectivity index (χ4v) is 4.23. The average Bonchev–Trinajstić information content (AvgIpc) is 3.12. The number of benzene rings is 3. The van der Waals surface area contributed by atoms with Crippen LogP contribution in [0, 0.1) is 0 Å². The molecule has 4 aromatic rings. The van der Waals surface area contributed by atoms with Crippen molar-refractivity contribution in [3.05, 3.63) is 89.1 Å². The van der Waals surface area contributed by atoms with Crippen molar-refractivity contribution in [2.75, 3.05) is 10.6 Å². The minimum Gasteiger partial charge on any atom is -0.451 e. The molecular weight excluding hydrogens is 432 g/mol. The van der Waals surface area contributed by atoms with Crippen molar-refractivity contribution in [1.82, 2.24) is 0 Å². The smallest absolute Gasteiger partial charge is 0.291 e. The molecule has 3 aromatic carbocycles. The Morgan fingerprint density at radius 2 is 1.65 bits per heavy atom. The van der Waals surface area contributed by atoms with Gasteiger partial charge in [-0.05, 0) is 48.5 Å². The van der Waals surface area contributed by atoms with Gasteiger partial charge in [-0.1, -0.05) is 35.9 Å². The first kappa shape index (κ1) is 21.0. The molecule has 0 aliphatic carbocycles. The molecule has 7 heteroatoms. The maximum atomic E-state index is 13.1. The van der Waals surface area contributed by atoms with Crippen LogP contribution in [-0.2, 0) is 10.5 Å². The number of fused-ring (bicyclic) bond motifs is 1. The number of hydrogen-bond acceptors (Lipinski definition) is 4. The maximum Gasteiger partial charge on any atom is 0.291 e. The molecule has 0 unspecified atom stereocenters. The van der Waals surface area contributed by atoms with Crippen LogP contribution < -0.4 is 10.6 Å². The predicted octanol–water partition coefficient (Wildman–Crippen LogP) is 6.59. The number of para-hydroxylation sites is 1. The van der Waals surface area contributed by atoms with Crippen molar-refractivity contribution < 1.29 is 14.0 Å². The van der Waals surface area contributed by atoms with Crippen molar-refractivity contribution >= 4 is 57.5 Å². The van der Waals surface area contributed by atoms with E-state index in [9.17, 15) is 9.59 Å². The lowest BCUT2D eigenvalue weighted by Gasteiger charge is -2.08. The maximum absolute atomic E-state index is 13.1. The molecule has 1 heterocycles. The Morgan fingerprint density at radius 3 is 2.39 bits per heavy atom. The number of carbonyl (C=O) groups excluding carboxylic acids is 2. The van der Waals surface area contributed by atoms with Crippen molar-refractivity contribution in [3.8, 4) is 0 Å². The first-order valence-corrected chi connectivity index (χ1v) is 10.9. The summed E-state index contributed by atoms with van der Waals surface area (Å²) in [6.45, 7) is 1.43. The van der Waals surface area contributed by atoms with E-state index in [-0.39, 0.29) is 17.6 Å². The molecule has 1 aromatic heterocycles. The monoisotopic (exact) mass is 450 g/mol. The number of anilines is 2. The predicted molar refractivity (Wildman–Crippen MR) is 126 cm³/mol. The highest BCUT2D eigenvalue weighted by molar-refractivity contribution is 7.98. The lowest BCUT2D eigenvalue weighted by Crippen LogP contribution is -2.13. The van der Waals surface area contributed by atoms with Crippen LogP contribution in [0.2, 0.25) is 5.02 Å². The molecule has 0 fully saturated rings. The van der Waals surface area contributed by atoms with E-state index in [0.717, 1.165) is 15.8 Å². The lowest BCUT2D eigenvalue weighted by atomic mass is 10.1. The van der Waals surface area contributed by atoms with E-state index in [2.05, 4.69) is 10.6 Å². The van der Waals surface area contributed by atoms with Crippen molar-refractivity contribution in [2.45, 2.75) is 17.6 Å². The first-order valence-electron chi connectivity index (χ1n) is 9.57. The highest BCUT2D eigenvalue weighted by atomic mass is 35.5. The summed E-state index contributed by atoms with van der Waals surface area (Å²) >= 11 is 7.57. The zero-order valence-electron chi connectivity index (χ0n) is 16.6. The van der Waals surface area contributed by atoms with Gasteiger partial charge in [0, 0.05) is 44.9 Å². The molecule has 31 heavy (non-hydrogen) atoms. The molecule has 0 radical (unpaired) electrons. The van der Waals surface area contributed by atoms with Crippen LogP contribution >= 0.6 is 23.4 Å². The second kappa shape index (κ2) is 9.29. The summed E-state index contributed by atoms with van der Waals surface area (Å²) < 4.78 is 5.92. The minimum atomic E-state index is -0.345. The molecule has 2 amide bonds. The van der Waals surface area contributed by atoms with Crippen LogP contribution in [0.1, 0.15) is 23.0 Å². The molecule has 0 saturated heterocycles. The van der Waals surface area contributed by atoms with Gasteiger partial charge in [0.25, 0.3) is 5.91 Å². The Balaban J connectivity index is 1.60.